The van der Waals surface area contributed by atoms with Gasteiger partial charge in [-0.15, -0.1) is 11.3 Å². The van der Waals surface area contributed by atoms with Gasteiger partial charge in [-0.1, -0.05) is 37.8 Å². The molecule has 0 aromatic carbocycles. The fourth-order valence-electron chi connectivity index (χ4n) is 3.97. The van der Waals surface area contributed by atoms with Crippen LogP contribution in [-0.4, -0.2) is 37.8 Å². The van der Waals surface area contributed by atoms with Crippen molar-refractivity contribution in [3.05, 3.63) is 16.5 Å². The van der Waals surface area contributed by atoms with Gasteiger partial charge in [-0.25, -0.2) is 8.42 Å². The second-order valence-electron chi connectivity index (χ2n) is 7.43. The Morgan fingerprint density at radius 2 is 1.85 bits per heavy atom. The molecule has 0 bridgehead atoms. The number of nitrogens with zero attached hydrogens (tertiary/aromatic N) is 1. The average molecular weight is 419 g/mol. The highest BCUT2D eigenvalue weighted by atomic mass is 35.5. The first-order chi connectivity index (χ1) is 12.4. The van der Waals surface area contributed by atoms with Crippen LogP contribution in [0.15, 0.2) is 16.3 Å². The largest absolute Gasteiger partial charge is 0.353 e. The second-order valence-corrected chi connectivity index (χ2v) is 11.3. The Morgan fingerprint density at radius 3 is 2.42 bits per heavy atom. The van der Waals surface area contributed by atoms with Gasteiger partial charge in [0.25, 0.3) is 10.0 Å². The number of amides is 1. The summed E-state index contributed by atoms with van der Waals surface area (Å²) in [5.41, 5.74) is 0. The highest BCUT2D eigenvalue weighted by Crippen LogP contribution is 2.32. The van der Waals surface area contributed by atoms with E-state index in [0.29, 0.717) is 27.7 Å². The Kier molecular flexibility index (Phi) is 6.64. The van der Waals surface area contributed by atoms with Crippen molar-refractivity contribution in [1.29, 1.82) is 0 Å². The molecule has 1 aromatic heterocycles. The molecular weight excluding hydrogens is 392 g/mol. The van der Waals surface area contributed by atoms with E-state index < -0.39 is 10.0 Å². The summed E-state index contributed by atoms with van der Waals surface area (Å²) in [5.74, 6) is 0.290. The predicted molar refractivity (Wildman–Crippen MR) is 105 cm³/mol. The number of nitrogens with one attached hydrogen (secondary N) is 1. The fourth-order valence-corrected chi connectivity index (χ4v) is 7.08. The van der Waals surface area contributed by atoms with E-state index in [-0.39, 0.29) is 17.7 Å². The molecule has 146 valence electrons. The Bertz CT molecular complexity index is 721. The van der Waals surface area contributed by atoms with Crippen LogP contribution in [-0.2, 0) is 14.8 Å². The van der Waals surface area contributed by atoms with E-state index in [4.69, 9.17) is 11.6 Å². The van der Waals surface area contributed by atoms with Gasteiger partial charge in [0.05, 0.1) is 4.34 Å². The zero-order chi connectivity index (χ0) is 18.7. The maximum atomic E-state index is 12.7. The number of hydrogen-bond acceptors (Lipinski definition) is 4. The number of thiophene rings is 1. The fraction of sp³-hybridized carbons (Fsp3) is 0.722. The minimum Gasteiger partial charge on any atom is -0.353 e. The van der Waals surface area contributed by atoms with Gasteiger partial charge in [0.1, 0.15) is 4.21 Å². The molecule has 1 aliphatic carbocycles. The van der Waals surface area contributed by atoms with Crippen molar-refractivity contribution in [3.63, 3.8) is 0 Å². The molecule has 0 radical (unpaired) electrons. The molecule has 1 atom stereocenters. The summed E-state index contributed by atoms with van der Waals surface area (Å²) >= 11 is 6.97. The van der Waals surface area contributed by atoms with Gasteiger partial charge in [0.2, 0.25) is 5.91 Å². The zero-order valence-electron chi connectivity index (χ0n) is 15.1. The van der Waals surface area contributed by atoms with Crippen LogP contribution in [0.4, 0.5) is 0 Å². The van der Waals surface area contributed by atoms with Gasteiger partial charge in [0.15, 0.2) is 0 Å². The van der Waals surface area contributed by atoms with Crippen molar-refractivity contribution in [2.24, 2.45) is 11.8 Å². The summed E-state index contributed by atoms with van der Waals surface area (Å²) in [6, 6.07) is 3.50. The van der Waals surface area contributed by atoms with Gasteiger partial charge in [0, 0.05) is 25.0 Å². The molecule has 1 unspecified atom stereocenters. The lowest BCUT2D eigenvalue weighted by atomic mass is 9.85. The molecule has 26 heavy (non-hydrogen) atoms. The SMILES string of the molecule is CC(C(=O)NC1CCCCC1)C1CCN(S(=O)(=O)c2ccc(Cl)s2)CC1. The van der Waals surface area contributed by atoms with E-state index in [0.717, 1.165) is 37.0 Å². The van der Waals surface area contributed by atoms with E-state index in [9.17, 15) is 13.2 Å². The lowest BCUT2D eigenvalue weighted by Crippen LogP contribution is -2.45. The van der Waals surface area contributed by atoms with E-state index in [1.165, 1.54) is 23.6 Å². The molecule has 1 aliphatic heterocycles. The molecule has 1 aromatic rings. The average Bonchev–Trinajstić information content (AvgIpc) is 3.09. The number of hydrogen-bond donors (Lipinski definition) is 1. The second kappa shape index (κ2) is 8.59. The first-order valence-corrected chi connectivity index (χ1v) is 12.1. The first-order valence-electron chi connectivity index (χ1n) is 9.44. The minimum absolute atomic E-state index is 0.0713. The van der Waals surface area contributed by atoms with Crippen LogP contribution >= 0.6 is 22.9 Å². The third-order valence-electron chi connectivity index (χ3n) is 5.71. The number of halogens is 1. The molecule has 2 heterocycles. The molecule has 1 amide bonds. The monoisotopic (exact) mass is 418 g/mol. The van der Waals surface area contributed by atoms with Gasteiger partial charge < -0.3 is 5.32 Å². The number of piperidine rings is 1. The summed E-state index contributed by atoms with van der Waals surface area (Å²) < 4.78 is 27.6. The third-order valence-corrected chi connectivity index (χ3v) is 9.31. The van der Waals surface area contributed by atoms with Crippen LogP contribution in [0.2, 0.25) is 4.34 Å². The Balaban J connectivity index is 1.53. The van der Waals surface area contributed by atoms with Crippen LogP contribution < -0.4 is 5.32 Å². The molecule has 1 saturated carbocycles. The van der Waals surface area contributed by atoms with E-state index in [1.807, 2.05) is 6.92 Å². The quantitative estimate of drug-likeness (QED) is 0.788. The van der Waals surface area contributed by atoms with Crippen LogP contribution in [0, 0.1) is 11.8 Å². The Labute approximate surface area is 165 Å². The molecule has 2 fully saturated rings. The molecule has 0 spiro atoms. The summed E-state index contributed by atoms with van der Waals surface area (Å²) in [6.45, 7) is 2.90. The minimum atomic E-state index is -3.47. The van der Waals surface area contributed by atoms with Crippen LogP contribution in [0.3, 0.4) is 0 Å². The Hall–Kier alpha value is -0.630. The molecule has 8 heteroatoms. The standard InChI is InChI=1S/C18H27ClN2O3S2/c1-13(18(22)20-15-5-3-2-4-6-15)14-9-11-21(12-10-14)26(23,24)17-8-7-16(19)25-17/h7-8,13-15H,2-6,9-12H2,1H3,(H,20,22). The van der Waals surface area contributed by atoms with E-state index in [2.05, 4.69) is 5.32 Å². The maximum Gasteiger partial charge on any atom is 0.252 e. The van der Waals surface area contributed by atoms with Crippen molar-refractivity contribution in [2.75, 3.05) is 13.1 Å². The van der Waals surface area contributed by atoms with Crippen molar-refractivity contribution in [1.82, 2.24) is 9.62 Å². The van der Waals surface area contributed by atoms with Crippen LogP contribution in [0.1, 0.15) is 51.9 Å². The predicted octanol–water partition coefficient (Wildman–Crippen LogP) is 3.89. The summed E-state index contributed by atoms with van der Waals surface area (Å²) in [4.78, 5) is 12.6. The van der Waals surface area contributed by atoms with E-state index in [1.54, 1.807) is 12.1 Å². The molecule has 3 rings (SSSR count). The van der Waals surface area contributed by atoms with Gasteiger partial charge in [-0.3, -0.25) is 4.79 Å². The topological polar surface area (TPSA) is 66.5 Å². The number of carbonyl (C=O) groups excluding carboxylic acids is 1. The van der Waals surface area contributed by atoms with Crippen molar-refractivity contribution in [2.45, 2.75) is 62.1 Å². The molecule has 1 saturated heterocycles. The number of rotatable bonds is 5. The smallest absolute Gasteiger partial charge is 0.252 e. The van der Waals surface area contributed by atoms with Crippen molar-refractivity contribution >= 4 is 38.9 Å². The number of carbonyl (C=O) groups is 1. The normalized spacial score (nSPS) is 22.2. The lowest BCUT2D eigenvalue weighted by Gasteiger charge is -2.34. The summed E-state index contributed by atoms with van der Waals surface area (Å²) in [5, 5.41) is 3.20. The van der Waals surface area contributed by atoms with Crippen LogP contribution in [0.25, 0.3) is 0 Å². The van der Waals surface area contributed by atoms with Crippen molar-refractivity contribution in [3.8, 4) is 0 Å². The molecule has 2 aliphatic rings. The third kappa shape index (κ3) is 4.61. The van der Waals surface area contributed by atoms with Gasteiger partial charge in [-0.05, 0) is 43.7 Å². The lowest BCUT2D eigenvalue weighted by molar-refractivity contribution is -0.127. The Morgan fingerprint density at radius 1 is 1.19 bits per heavy atom. The van der Waals surface area contributed by atoms with Gasteiger partial charge >= 0.3 is 0 Å². The molecule has 5 nitrogen and oxygen atoms in total. The highest BCUT2D eigenvalue weighted by molar-refractivity contribution is 7.91. The number of sulfonamides is 1. The van der Waals surface area contributed by atoms with Crippen molar-refractivity contribution < 1.29 is 13.2 Å². The van der Waals surface area contributed by atoms with Crippen LogP contribution in [0.5, 0.6) is 0 Å². The molecular formula is C18H27ClN2O3S2. The summed E-state index contributed by atoms with van der Waals surface area (Å²) in [6.07, 6.45) is 7.27. The first kappa shape index (κ1) is 20.1. The van der Waals surface area contributed by atoms with E-state index >= 15 is 0 Å². The highest BCUT2D eigenvalue weighted by Gasteiger charge is 2.34. The zero-order valence-corrected chi connectivity index (χ0v) is 17.5. The maximum absolute atomic E-state index is 12.7. The molecule has 1 N–H and O–H groups in total. The van der Waals surface area contributed by atoms with Gasteiger partial charge in [-0.2, -0.15) is 4.31 Å². The summed E-state index contributed by atoms with van der Waals surface area (Å²) in [7, 11) is -3.47.